The van der Waals surface area contributed by atoms with Crippen LogP contribution in [0.2, 0.25) is 0 Å². The molecule has 0 saturated carbocycles. The van der Waals surface area contributed by atoms with E-state index >= 15 is 0 Å². The molecule has 0 spiro atoms. The minimum Gasteiger partial charge on any atom is -0.494 e. The number of benzene rings is 1. The fourth-order valence-corrected chi connectivity index (χ4v) is 3.11. The van der Waals surface area contributed by atoms with Gasteiger partial charge in [0.15, 0.2) is 5.56 Å². The summed E-state index contributed by atoms with van der Waals surface area (Å²) in [5.74, 6) is -3.19. The second-order valence-electron chi connectivity index (χ2n) is 9.40. The zero-order chi connectivity index (χ0) is 23.7. The number of carbonyl (C=O) groups excluding carboxylic acids is 1. The summed E-state index contributed by atoms with van der Waals surface area (Å²) in [6.45, 7) is 10.3. The molecular weight excluding hydrogens is 402 g/mol. The van der Waals surface area contributed by atoms with Crippen molar-refractivity contribution in [3.63, 3.8) is 0 Å². The van der Waals surface area contributed by atoms with E-state index < -0.39 is 46.7 Å². The molecule has 2 aromatic rings. The fraction of sp³-hybridized carbons (Fsp3) is 0.455. The van der Waals surface area contributed by atoms with Crippen molar-refractivity contribution in [3.05, 3.63) is 61.8 Å². The van der Waals surface area contributed by atoms with E-state index in [1.54, 1.807) is 20.8 Å². The number of carboxylic acids is 1. The Hall–Kier alpha value is -3.36. The van der Waals surface area contributed by atoms with Crippen molar-refractivity contribution in [3.8, 4) is 5.88 Å². The van der Waals surface area contributed by atoms with Crippen LogP contribution in [0.5, 0.6) is 5.88 Å². The average molecular weight is 431 g/mol. The molecule has 9 heteroatoms. The van der Waals surface area contributed by atoms with Crippen LogP contribution >= 0.6 is 0 Å². The predicted molar refractivity (Wildman–Crippen MR) is 116 cm³/mol. The van der Waals surface area contributed by atoms with Gasteiger partial charge < -0.3 is 15.5 Å². The van der Waals surface area contributed by atoms with E-state index in [0.717, 1.165) is 14.7 Å². The summed E-state index contributed by atoms with van der Waals surface area (Å²) in [4.78, 5) is 49.2. The maximum atomic E-state index is 13.1. The Morgan fingerprint density at radius 3 is 2.00 bits per heavy atom. The molecule has 0 saturated heterocycles. The lowest BCUT2D eigenvalue weighted by atomic mass is 9.87. The van der Waals surface area contributed by atoms with Gasteiger partial charge in [-0.05, 0) is 37.3 Å². The van der Waals surface area contributed by atoms with E-state index in [9.17, 15) is 24.3 Å². The zero-order valence-corrected chi connectivity index (χ0v) is 18.6. The molecule has 0 aliphatic carbocycles. The molecule has 1 amide bonds. The van der Waals surface area contributed by atoms with Crippen molar-refractivity contribution >= 4 is 11.9 Å². The number of carbonyl (C=O) groups is 2. The minimum absolute atomic E-state index is 0.0631. The van der Waals surface area contributed by atoms with Gasteiger partial charge in [0.05, 0.1) is 6.54 Å². The van der Waals surface area contributed by atoms with Crippen LogP contribution in [-0.4, -0.2) is 37.8 Å². The Morgan fingerprint density at radius 1 is 1.00 bits per heavy atom. The lowest BCUT2D eigenvalue weighted by molar-refractivity contribution is -0.135. The fourth-order valence-electron chi connectivity index (χ4n) is 3.11. The van der Waals surface area contributed by atoms with E-state index in [0.29, 0.717) is 5.56 Å². The van der Waals surface area contributed by atoms with Gasteiger partial charge >= 0.3 is 11.7 Å². The Labute approximate surface area is 180 Å². The summed E-state index contributed by atoms with van der Waals surface area (Å²) in [5.41, 5.74) is -1.72. The number of amides is 1. The number of hydrogen-bond acceptors (Lipinski definition) is 5. The monoisotopic (exact) mass is 431 g/mol. The molecule has 0 atom stereocenters. The topological polar surface area (TPSA) is 131 Å². The van der Waals surface area contributed by atoms with Gasteiger partial charge in [0.1, 0.15) is 6.54 Å². The molecule has 2 rings (SSSR count). The van der Waals surface area contributed by atoms with Crippen molar-refractivity contribution < 1.29 is 19.8 Å². The number of carboxylic acid groups (broad SMARTS) is 1. The van der Waals surface area contributed by atoms with Gasteiger partial charge in [-0.1, -0.05) is 45.0 Å². The first kappa shape index (κ1) is 23.9. The molecule has 1 aromatic heterocycles. The number of aromatic hydroxyl groups is 1. The van der Waals surface area contributed by atoms with Crippen LogP contribution in [0.15, 0.2) is 33.9 Å². The van der Waals surface area contributed by atoms with Crippen LogP contribution in [0.1, 0.15) is 63.0 Å². The molecular formula is C22H29N3O6. The quantitative estimate of drug-likeness (QED) is 0.660. The van der Waals surface area contributed by atoms with Gasteiger partial charge in [0.25, 0.3) is 11.5 Å². The summed E-state index contributed by atoms with van der Waals surface area (Å²) in [5, 5.41) is 21.5. The lowest BCUT2D eigenvalue weighted by Crippen LogP contribution is -2.50. The predicted octanol–water partition coefficient (Wildman–Crippen LogP) is 1.63. The van der Waals surface area contributed by atoms with E-state index in [1.807, 2.05) is 24.3 Å². The Balaban J connectivity index is 2.65. The highest BCUT2D eigenvalue weighted by atomic mass is 16.4. The van der Waals surface area contributed by atoms with E-state index in [-0.39, 0.29) is 12.0 Å². The molecule has 0 radical (unpaired) electrons. The summed E-state index contributed by atoms with van der Waals surface area (Å²) in [6.07, 6.45) is 0. The maximum Gasteiger partial charge on any atom is 0.334 e. The zero-order valence-electron chi connectivity index (χ0n) is 18.6. The van der Waals surface area contributed by atoms with Gasteiger partial charge in [-0.15, -0.1) is 0 Å². The first-order valence-electron chi connectivity index (χ1n) is 9.83. The summed E-state index contributed by atoms with van der Waals surface area (Å²) in [7, 11) is 0. The van der Waals surface area contributed by atoms with Crippen LogP contribution < -0.4 is 16.6 Å². The molecule has 1 heterocycles. The van der Waals surface area contributed by atoms with Crippen molar-refractivity contribution in [2.24, 2.45) is 0 Å². The van der Waals surface area contributed by atoms with Crippen LogP contribution in [-0.2, 0) is 22.3 Å². The first-order valence-corrected chi connectivity index (χ1v) is 9.83. The maximum absolute atomic E-state index is 13.1. The molecule has 0 bridgehead atoms. The van der Waals surface area contributed by atoms with E-state index in [1.165, 1.54) is 0 Å². The third kappa shape index (κ3) is 5.22. The van der Waals surface area contributed by atoms with Crippen molar-refractivity contribution in [2.45, 2.75) is 59.0 Å². The van der Waals surface area contributed by atoms with Crippen LogP contribution in [0, 0.1) is 0 Å². The Bertz CT molecular complexity index is 1110. The van der Waals surface area contributed by atoms with Crippen molar-refractivity contribution in [1.29, 1.82) is 0 Å². The average Bonchev–Trinajstić information content (AvgIpc) is 2.62. The number of rotatable bonds is 5. The summed E-state index contributed by atoms with van der Waals surface area (Å²) in [6, 6.07) is 7.45. The molecule has 0 aliphatic rings. The second kappa shape index (κ2) is 8.41. The SMILES string of the molecule is CC(C)(C)c1ccc(Cn2c(O)c(C(=O)NCC(=O)O)c(=O)n(C(C)(C)C)c2=O)cc1. The highest BCUT2D eigenvalue weighted by Gasteiger charge is 2.29. The summed E-state index contributed by atoms with van der Waals surface area (Å²) < 4.78 is 1.82. The molecule has 31 heavy (non-hydrogen) atoms. The van der Waals surface area contributed by atoms with Gasteiger partial charge in [-0.25, -0.2) is 4.79 Å². The number of hydrogen-bond donors (Lipinski definition) is 3. The molecule has 1 aromatic carbocycles. The summed E-state index contributed by atoms with van der Waals surface area (Å²) >= 11 is 0. The minimum atomic E-state index is -1.31. The normalized spacial score (nSPS) is 11.9. The van der Waals surface area contributed by atoms with E-state index in [2.05, 4.69) is 26.1 Å². The van der Waals surface area contributed by atoms with Gasteiger partial charge in [0, 0.05) is 5.54 Å². The molecule has 168 valence electrons. The van der Waals surface area contributed by atoms with Crippen LogP contribution in [0.3, 0.4) is 0 Å². The third-order valence-electron chi connectivity index (χ3n) is 4.78. The molecule has 9 nitrogen and oxygen atoms in total. The molecule has 3 N–H and O–H groups in total. The third-order valence-corrected chi connectivity index (χ3v) is 4.78. The van der Waals surface area contributed by atoms with Gasteiger partial charge in [-0.2, -0.15) is 0 Å². The Morgan fingerprint density at radius 2 is 1.55 bits per heavy atom. The highest BCUT2D eigenvalue weighted by molar-refractivity contribution is 5.97. The second-order valence-corrected chi connectivity index (χ2v) is 9.40. The number of aromatic nitrogens is 2. The van der Waals surface area contributed by atoms with Crippen LogP contribution in [0.25, 0.3) is 0 Å². The van der Waals surface area contributed by atoms with E-state index in [4.69, 9.17) is 5.11 Å². The highest BCUT2D eigenvalue weighted by Crippen LogP contribution is 2.23. The number of aliphatic carboxylic acids is 1. The standard InChI is InChI=1S/C22H29N3O6/c1-21(2,3)14-9-7-13(8-10-14)12-24-18(29)16(17(28)23-11-15(26)27)19(30)25(20(24)31)22(4,5)6/h7-10,29H,11-12H2,1-6H3,(H,23,28)(H,26,27). The first-order chi connectivity index (χ1) is 14.1. The van der Waals surface area contributed by atoms with Crippen molar-refractivity contribution in [2.75, 3.05) is 6.54 Å². The lowest BCUT2D eigenvalue weighted by Gasteiger charge is -2.24. The van der Waals surface area contributed by atoms with Gasteiger partial charge in [-0.3, -0.25) is 23.5 Å². The van der Waals surface area contributed by atoms with Gasteiger partial charge in [0.2, 0.25) is 5.88 Å². The largest absolute Gasteiger partial charge is 0.494 e. The molecule has 0 unspecified atom stereocenters. The number of nitrogens with zero attached hydrogens (tertiary/aromatic N) is 2. The Kier molecular flexibility index (Phi) is 6.49. The smallest absolute Gasteiger partial charge is 0.334 e. The number of nitrogens with one attached hydrogen (secondary N) is 1. The van der Waals surface area contributed by atoms with Crippen LogP contribution in [0.4, 0.5) is 0 Å². The van der Waals surface area contributed by atoms with Crippen molar-refractivity contribution in [1.82, 2.24) is 14.5 Å². The molecule has 0 aliphatic heterocycles. The molecule has 0 fully saturated rings.